The third-order valence-electron chi connectivity index (χ3n) is 2.46. The van der Waals surface area contributed by atoms with Crippen LogP contribution in [0.15, 0.2) is 0 Å². The van der Waals surface area contributed by atoms with Gasteiger partial charge in [0, 0.05) is 13.6 Å². The number of hydrogen-bond donors (Lipinski definition) is 2. The highest BCUT2D eigenvalue weighted by Crippen LogP contribution is 2.18. The molecule has 0 aromatic carbocycles. The van der Waals surface area contributed by atoms with Gasteiger partial charge < -0.3 is 15.7 Å². The highest BCUT2D eigenvalue weighted by molar-refractivity contribution is 5.82. The number of rotatable bonds is 4. The molecule has 1 amide bonds. The Bertz CT molecular complexity index is 209. The number of hydrogen-bond acceptors (Lipinski definition) is 3. The van der Waals surface area contributed by atoms with Gasteiger partial charge in [-0.3, -0.25) is 4.79 Å². The fourth-order valence-electron chi connectivity index (χ4n) is 1.10. The summed E-state index contributed by atoms with van der Waals surface area (Å²) < 4.78 is 0. The topological polar surface area (TPSA) is 66.6 Å². The molecule has 0 bridgehead atoms. The molecule has 0 fully saturated rings. The molecule has 0 aliphatic rings. The molecule has 0 saturated heterocycles. The first-order valence-electron chi connectivity index (χ1n) is 5.35. The Morgan fingerprint density at radius 2 is 1.93 bits per heavy atom. The van der Waals surface area contributed by atoms with Crippen molar-refractivity contribution in [2.45, 2.75) is 46.3 Å². The molecule has 90 valence electrons. The Hall–Kier alpha value is -0.610. The van der Waals surface area contributed by atoms with Gasteiger partial charge in [-0.25, -0.2) is 0 Å². The van der Waals surface area contributed by atoms with Crippen LogP contribution in [0.3, 0.4) is 0 Å². The summed E-state index contributed by atoms with van der Waals surface area (Å²) in [5.41, 5.74) is 5.62. The molecule has 15 heavy (non-hydrogen) atoms. The van der Waals surface area contributed by atoms with Crippen LogP contribution in [0, 0.1) is 5.41 Å². The average Bonchev–Trinajstić information content (AvgIpc) is 2.10. The fraction of sp³-hybridized carbons (Fsp3) is 0.909. The maximum Gasteiger partial charge on any atom is 0.239 e. The van der Waals surface area contributed by atoms with Crippen LogP contribution in [0.4, 0.5) is 0 Å². The molecule has 0 spiro atoms. The minimum Gasteiger partial charge on any atom is -0.393 e. The van der Waals surface area contributed by atoms with Crippen molar-refractivity contribution < 1.29 is 9.90 Å². The second-order valence-electron chi connectivity index (χ2n) is 5.24. The van der Waals surface area contributed by atoms with Crippen molar-refractivity contribution in [2.24, 2.45) is 11.1 Å². The average molecular weight is 216 g/mol. The Morgan fingerprint density at radius 1 is 1.47 bits per heavy atom. The van der Waals surface area contributed by atoms with Crippen LogP contribution in [0.1, 0.15) is 34.1 Å². The van der Waals surface area contributed by atoms with E-state index in [2.05, 4.69) is 0 Å². The molecule has 4 nitrogen and oxygen atoms in total. The van der Waals surface area contributed by atoms with Gasteiger partial charge in [0.2, 0.25) is 5.91 Å². The summed E-state index contributed by atoms with van der Waals surface area (Å²) in [6.45, 7) is 8.08. The summed E-state index contributed by atoms with van der Waals surface area (Å²) in [5, 5.41) is 9.11. The molecular weight excluding hydrogens is 192 g/mol. The highest BCUT2D eigenvalue weighted by atomic mass is 16.3. The molecule has 2 atom stereocenters. The van der Waals surface area contributed by atoms with Gasteiger partial charge in [-0.15, -0.1) is 0 Å². The summed E-state index contributed by atoms with van der Waals surface area (Å²) in [6, 6.07) is -0.489. The minimum absolute atomic E-state index is 0.0665. The molecule has 0 aromatic rings. The van der Waals surface area contributed by atoms with Crippen molar-refractivity contribution in [3.05, 3.63) is 0 Å². The standard InChI is InChI=1S/C11H24N2O2/c1-8(14)6-7-13(5)10(15)9(12)11(2,3)4/h8-9,14H,6-7,12H2,1-5H3/t8?,9-/m1/s1. The van der Waals surface area contributed by atoms with Gasteiger partial charge in [-0.1, -0.05) is 20.8 Å². The van der Waals surface area contributed by atoms with E-state index in [0.29, 0.717) is 13.0 Å². The number of carbonyl (C=O) groups excluding carboxylic acids is 1. The monoisotopic (exact) mass is 216 g/mol. The van der Waals surface area contributed by atoms with Crippen LogP contribution in [0.2, 0.25) is 0 Å². The van der Waals surface area contributed by atoms with Gasteiger partial charge in [0.15, 0.2) is 0 Å². The van der Waals surface area contributed by atoms with E-state index in [9.17, 15) is 4.79 Å². The largest absolute Gasteiger partial charge is 0.393 e. The Kier molecular flexibility index (Phi) is 5.24. The zero-order valence-electron chi connectivity index (χ0n) is 10.4. The van der Waals surface area contributed by atoms with Gasteiger partial charge in [0.25, 0.3) is 0 Å². The van der Waals surface area contributed by atoms with E-state index in [1.807, 2.05) is 20.8 Å². The summed E-state index contributed by atoms with van der Waals surface area (Å²) in [6.07, 6.45) is 0.199. The van der Waals surface area contributed by atoms with Crippen molar-refractivity contribution in [3.8, 4) is 0 Å². The summed E-state index contributed by atoms with van der Waals surface area (Å²) in [5.74, 6) is -0.0665. The smallest absolute Gasteiger partial charge is 0.239 e. The summed E-state index contributed by atoms with van der Waals surface area (Å²) >= 11 is 0. The molecule has 0 aliphatic heterocycles. The first-order chi connectivity index (χ1) is 6.66. The van der Waals surface area contributed by atoms with Gasteiger partial charge in [0.1, 0.15) is 0 Å². The molecule has 0 saturated carbocycles. The fourth-order valence-corrected chi connectivity index (χ4v) is 1.10. The van der Waals surface area contributed by atoms with Crippen LogP contribution < -0.4 is 5.73 Å². The van der Waals surface area contributed by atoms with Gasteiger partial charge in [0.05, 0.1) is 12.1 Å². The molecule has 0 heterocycles. The molecule has 3 N–H and O–H groups in total. The molecule has 4 heteroatoms. The lowest BCUT2D eigenvalue weighted by Crippen LogP contribution is -2.49. The Labute approximate surface area is 92.4 Å². The lowest BCUT2D eigenvalue weighted by atomic mass is 9.86. The first-order valence-corrected chi connectivity index (χ1v) is 5.35. The van der Waals surface area contributed by atoms with Gasteiger partial charge in [-0.05, 0) is 18.8 Å². The normalized spacial score (nSPS) is 15.9. The van der Waals surface area contributed by atoms with Crippen LogP contribution in [-0.4, -0.2) is 41.7 Å². The van der Waals surface area contributed by atoms with E-state index in [4.69, 9.17) is 10.8 Å². The molecule has 1 unspecified atom stereocenters. The maximum absolute atomic E-state index is 11.8. The number of nitrogens with zero attached hydrogens (tertiary/aromatic N) is 1. The first kappa shape index (κ1) is 14.4. The van der Waals surface area contributed by atoms with Crippen molar-refractivity contribution in [3.63, 3.8) is 0 Å². The molecule has 0 radical (unpaired) electrons. The number of amides is 1. The van der Waals surface area contributed by atoms with Crippen LogP contribution in [0.25, 0.3) is 0 Å². The van der Waals surface area contributed by atoms with Crippen molar-refractivity contribution in [1.82, 2.24) is 4.90 Å². The van der Waals surface area contributed by atoms with E-state index in [1.165, 1.54) is 0 Å². The van der Waals surface area contributed by atoms with E-state index in [0.717, 1.165) is 0 Å². The zero-order valence-corrected chi connectivity index (χ0v) is 10.4. The molecule has 0 rings (SSSR count). The number of carbonyl (C=O) groups is 1. The maximum atomic E-state index is 11.8. The summed E-state index contributed by atoms with van der Waals surface area (Å²) in [4.78, 5) is 13.4. The SMILES string of the molecule is CC(O)CCN(C)C(=O)[C@@H](N)C(C)(C)C. The lowest BCUT2D eigenvalue weighted by molar-refractivity contribution is -0.133. The second-order valence-corrected chi connectivity index (χ2v) is 5.24. The van der Waals surface area contributed by atoms with Crippen LogP contribution in [0.5, 0.6) is 0 Å². The Balaban J connectivity index is 4.20. The van der Waals surface area contributed by atoms with E-state index < -0.39 is 6.04 Å². The predicted molar refractivity (Wildman–Crippen MR) is 61.4 cm³/mol. The van der Waals surface area contributed by atoms with E-state index in [-0.39, 0.29) is 17.4 Å². The Morgan fingerprint density at radius 3 is 2.27 bits per heavy atom. The number of aliphatic hydroxyl groups excluding tert-OH is 1. The van der Waals surface area contributed by atoms with Crippen LogP contribution >= 0.6 is 0 Å². The quantitative estimate of drug-likeness (QED) is 0.722. The third-order valence-corrected chi connectivity index (χ3v) is 2.46. The minimum atomic E-state index is -0.489. The highest BCUT2D eigenvalue weighted by Gasteiger charge is 2.29. The molecule has 0 aliphatic carbocycles. The second kappa shape index (κ2) is 5.47. The molecular formula is C11H24N2O2. The van der Waals surface area contributed by atoms with Gasteiger partial charge in [-0.2, -0.15) is 0 Å². The molecule has 0 aromatic heterocycles. The van der Waals surface area contributed by atoms with Crippen molar-refractivity contribution in [1.29, 1.82) is 0 Å². The van der Waals surface area contributed by atoms with Gasteiger partial charge >= 0.3 is 0 Å². The van der Waals surface area contributed by atoms with E-state index in [1.54, 1.807) is 18.9 Å². The third kappa shape index (κ3) is 5.14. The van der Waals surface area contributed by atoms with Crippen molar-refractivity contribution in [2.75, 3.05) is 13.6 Å². The van der Waals surface area contributed by atoms with E-state index >= 15 is 0 Å². The summed E-state index contributed by atoms with van der Waals surface area (Å²) in [7, 11) is 1.72. The number of nitrogens with two attached hydrogens (primary N) is 1. The zero-order chi connectivity index (χ0) is 12.2. The predicted octanol–water partition coefficient (Wildman–Crippen LogP) is 0.589. The number of likely N-dealkylation sites (N-methyl/N-ethyl adjacent to an activating group) is 1. The van der Waals surface area contributed by atoms with Crippen LogP contribution in [-0.2, 0) is 4.79 Å². The number of aliphatic hydroxyl groups is 1. The lowest BCUT2D eigenvalue weighted by Gasteiger charge is -2.30. The van der Waals surface area contributed by atoms with Crippen molar-refractivity contribution >= 4 is 5.91 Å².